The minimum Gasteiger partial charge on any atom is -0.481 e. The van der Waals surface area contributed by atoms with E-state index in [0.29, 0.717) is 25.9 Å². The summed E-state index contributed by atoms with van der Waals surface area (Å²) in [5, 5.41) is 20.0. The quantitative estimate of drug-likeness (QED) is 0.747. The monoisotopic (exact) mass is 271 g/mol. The lowest BCUT2D eigenvalue weighted by Crippen LogP contribution is -2.52. The Bertz CT molecular complexity index is 298. The molecule has 0 bridgehead atoms. The molecule has 2 N–H and O–H groups in total. The maximum absolute atomic E-state index is 11.6. The predicted molar refractivity (Wildman–Crippen MR) is 76.2 cm³/mol. The number of aliphatic carboxylic acids is 1. The van der Waals surface area contributed by atoms with Crippen LogP contribution in [0.2, 0.25) is 0 Å². The second-order valence-corrected chi connectivity index (χ2v) is 6.08. The van der Waals surface area contributed by atoms with E-state index < -0.39 is 17.0 Å². The van der Waals surface area contributed by atoms with Gasteiger partial charge >= 0.3 is 5.97 Å². The molecule has 1 heterocycles. The van der Waals surface area contributed by atoms with E-state index >= 15 is 0 Å². The Morgan fingerprint density at radius 3 is 2.42 bits per heavy atom. The van der Waals surface area contributed by atoms with Crippen molar-refractivity contribution in [2.45, 2.75) is 64.9 Å². The van der Waals surface area contributed by atoms with Crippen LogP contribution in [0, 0.1) is 5.41 Å². The van der Waals surface area contributed by atoms with Crippen LogP contribution in [0.15, 0.2) is 0 Å². The van der Waals surface area contributed by atoms with E-state index in [1.807, 2.05) is 20.8 Å². The molecular weight excluding hydrogens is 242 g/mol. The van der Waals surface area contributed by atoms with Gasteiger partial charge in [-0.3, -0.25) is 9.69 Å². The molecule has 1 atom stereocenters. The van der Waals surface area contributed by atoms with E-state index in [4.69, 9.17) is 0 Å². The zero-order valence-electron chi connectivity index (χ0n) is 12.6. The third kappa shape index (κ3) is 3.93. The largest absolute Gasteiger partial charge is 0.481 e. The summed E-state index contributed by atoms with van der Waals surface area (Å²) in [7, 11) is 0. The first-order chi connectivity index (χ1) is 8.91. The lowest BCUT2D eigenvalue weighted by atomic mass is 9.76. The summed E-state index contributed by atoms with van der Waals surface area (Å²) < 4.78 is 0. The molecule has 112 valence electrons. The SMILES string of the molecule is CCCC1(C(=O)O)CCCN(CC(O)(CC)CC)C1. The molecule has 0 aromatic carbocycles. The van der Waals surface area contributed by atoms with Crippen LogP contribution in [0.3, 0.4) is 0 Å². The number of hydrogen-bond acceptors (Lipinski definition) is 3. The molecule has 1 fully saturated rings. The van der Waals surface area contributed by atoms with Crippen LogP contribution in [-0.2, 0) is 4.79 Å². The highest BCUT2D eigenvalue weighted by Crippen LogP contribution is 2.35. The van der Waals surface area contributed by atoms with Crippen molar-refractivity contribution in [3.05, 3.63) is 0 Å². The van der Waals surface area contributed by atoms with Crippen LogP contribution in [0.4, 0.5) is 0 Å². The second-order valence-electron chi connectivity index (χ2n) is 6.08. The first kappa shape index (κ1) is 16.4. The first-order valence-electron chi connectivity index (χ1n) is 7.59. The molecule has 0 aliphatic carbocycles. The molecule has 0 spiro atoms. The topological polar surface area (TPSA) is 60.8 Å². The van der Waals surface area contributed by atoms with E-state index in [1.54, 1.807) is 0 Å². The summed E-state index contributed by atoms with van der Waals surface area (Å²) in [6.45, 7) is 8.10. The van der Waals surface area contributed by atoms with Crippen LogP contribution in [0.1, 0.15) is 59.3 Å². The molecule has 1 aliphatic rings. The minimum atomic E-state index is -0.673. The van der Waals surface area contributed by atoms with Crippen molar-refractivity contribution in [3.63, 3.8) is 0 Å². The van der Waals surface area contributed by atoms with E-state index in [-0.39, 0.29) is 0 Å². The summed E-state index contributed by atoms with van der Waals surface area (Å²) in [6.07, 6.45) is 4.74. The van der Waals surface area contributed by atoms with Gasteiger partial charge in [0.2, 0.25) is 0 Å². The maximum Gasteiger partial charge on any atom is 0.310 e. The van der Waals surface area contributed by atoms with Gasteiger partial charge in [-0.25, -0.2) is 0 Å². The van der Waals surface area contributed by atoms with Gasteiger partial charge in [-0.1, -0.05) is 27.2 Å². The van der Waals surface area contributed by atoms with Crippen LogP contribution in [-0.4, -0.2) is 46.3 Å². The van der Waals surface area contributed by atoms with Crippen LogP contribution >= 0.6 is 0 Å². The van der Waals surface area contributed by atoms with E-state index in [0.717, 1.165) is 32.2 Å². The molecule has 0 aromatic rings. The highest BCUT2D eigenvalue weighted by atomic mass is 16.4. The van der Waals surface area contributed by atoms with Gasteiger partial charge in [-0.15, -0.1) is 0 Å². The highest BCUT2D eigenvalue weighted by molar-refractivity contribution is 5.75. The Balaban J connectivity index is 2.75. The van der Waals surface area contributed by atoms with Crippen molar-refractivity contribution in [1.29, 1.82) is 0 Å². The van der Waals surface area contributed by atoms with Crippen molar-refractivity contribution in [1.82, 2.24) is 4.90 Å². The molecule has 0 saturated carbocycles. The molecule has 0 radical (unpaired) electrons. The summed E-state index contributed by atoms with van der Waals surface area (Å²) >= 11 is 0. The fourth-order valence-corrected chi connectivity index (χ4v) is 3.22. The molecule has 4 nitrogen and oxygen atoms in total. The number of likely N-dealkylation sites (tertiary alicyclic amines) is 1. The van der Waals surface area contributed by atoms with Crippen molar-refractivity contribution in [2.24, 2.45) is 5.41 Å². The zero-order chi connectivity index (χ0) is 14.5. The number of hydrogen-bond donors (Lipinski definition) is 2. The number of rotatable bonds is 7. The van der Waals surface area contributed by atoms with Crippen LogP contribution in [0.25, 0.3) is 0 Å². The molecule has 1 rings (SSSR count). The van der Waals surface area contributed by atoms with Crippen molar-refractivity contribution < 1.29 is 15.0 Å². The summed E-state index contributed by atoms with van der Waals surface area (Å²) in [6, 6.07) is 0. The normalized spacial score (nSPS) is 25.5. The Labute approximate surface area is 116 Å². The maximum atomic E-state index is 11.6. The fourth-order valence-electron chi connectivity index (χ4n) is 3.22. The smallest absolute Gasteiger partial charge is 0.310 e. The lowest BCUT2D eigenvalue weighted by Gasteiger charge is -2.43. The summed E-state index contributed by atoms with van der Waals surface area (Å²) in [5.74, 6) is -0.671. The number of piperidine rings is 1. The zero-order valence-corrected chi connectivity index (χ0v) is 12.6. The lowest BCUT2D eigenvalue weighted by molar-refractivity contribution is -0.154. The highest BCUT2D eigenvalue weighted by Gasteiger charge is 2.42. The van der Waals surface area contributed by atoms with E-state index in [9.17, 15) is 15.0 Å². The molecule has 4 heteroatoms. The second kappa shape index (κ2) is 6.71. The van der Waals surface area contributed by atoms with Gasteiger partial charge in [0.05, 0.1) is 11.0 Å². The van der Waals surface area contributed by atoms with E-state index in [2.05, 4.69) is 4.90 Å². The number of nitrogens with zero attached hydrogens (tertiary/aromatic N) is 1. The minimum absolute atomic E-state index is 0.582. The van der Waals surface area contributed by atoms with Gasteiger partial charge in [-0.2, -0.15) is 0 Å². The number of β-amino-alcohol motifs (C(OH)–C–C–N with tert-alkyl or cyclic N) is 1. The molecule has 1 unspecified atom stereocenters. The third-order valence-electron chi connectivity index (χ3n) is 4.67. The van der Waals surface area contributed by atoms with Gasteiger partial charge < -0.3 is 10.2 Å². The average Bonchev–Trinajstić information content (AvgIpc) is 2.39. The molecule has 1 saturated heterocycles. The Morgan fingerprint density at radius 1 is 1.32 bits per heavy atom. The number of carboxylic acids is 1. The van der Waals surface area contributed by atoms with Crippen molar-refractivity contribution >= 4 is 5.97 Å². The molecular formula is C15H29NO3. The molecule has 0 amide bonds. The fraction of sp³-hybridized carbons (Fsp3) is 0.933. The third-order valence-corrected chi connectivity index (χ3v) is 4.67. The van der Waals surface area contributed by atoms with Gasteiger partial charge in [-0.05, 0) is 38.6 Å². The molecule has 1 aliphatic heterocycles. The predicted octanol–water partition coefficient (Wildman–Crippen LogP) is 2.50. The van der Waals surface area contributed by atoms with Gasteiger partial charge in [0.1, 0.15) is 0 Å². The van der Waals surface area contributed by atoms with E-state index in [1.165, 1.54) is 0 Å². The van der Waals surface area contributed by atoms with Crippen LogP contribution in [0.5, 0.6) is 0 Å². The molecule has 19 heavy (non-hydrogen) atoms. The number of aliphatic hydroxyl groups is 1. The van der Waals surface area contributed by atoms with Crippen molar-refractivity contribution in [2.75, 3.05) is 19.6 Å². The first-order valence-corrected chi connectivity index (χ1v) is 7.59. The summed E-state index contributed by atoms with van der Waals surface area (Å²) in [4.78, 5) is 13.8. The van der Waals surface area contributed by atoms with Gasteiger partial charge in [0.25, 0.3) is 0 Å². The van der Waals surface area contributed by atoms with Gasteiger partial charge in [0, 0.05) is 13.1 Å². The Hall–Kier alpha value is -0.610. The number of carbonyl (C=O) groups is 1. The number of carboxylic acid groups (broad SMARTS) is 1. The molecule has 0 aromatic heterocycles. The average molecular weight is 271 g/mol. The summed E-state index contributed by atoms with van der Waals surface area (Å²) in [5.41, 5.74) is -1.27. The van der Waals surface area contributed by atoms with Crippen LogP contribution < -0.4 is 0 Å². The standard InChI is InChI=1S/C15H29NO3/c1-4-8-14(13(17)18)9-7-10-16(11-14)12-15(19,5-2)6-3/h19H,4-12H2,1-3H3,(H,17,18). The Kier molecular flexibility index (Phi) is 5.81. The Morgan fingerprint density at radius 2 is 1.95 bits per heavy atom. The van der Waals surface area contributed by atoms with Crippen molar-refractivity contribution in [3.8, 4) is 0 Å². The van der Waals surface area contributed by atoms with Gasteiger partial charge in [0.15, 0.2) is 0 Å².